The summed E-state index contributed by atoms with van der Waals surface area (Å²) in [6.45, 7) is 3.01. The van der Waals surface area contributed by atoms with Gasteiger partial charge in [-0.1, -0.05) is 30.0 Å². The molecule has 1 aromatic carbocycles. The van der Waals surface area contributed by atoms with Crippen molar-refractivity contribution in [3.05, 3.63) is 65.5 Å². The van der Waals surface area contributed by atoms with Crippen LogP contribution >= 0.6 is 0 Å². The summed E-state index contributed by atoms with van der Waals surface area (Å²) in [5, 5.41) is 0. The number of rotatable bonds is 2. The number of benzene rings is 1. The van der Waals surface area contributed by atoms with Crippen molar-refractivity contribution in [1.29, 1.82) is 0 Å². The SMILES string of the molecule is C[C@@H](c1ccc(C#Cc2ccccc2)cn1)N1CCOC1=O. The molecule has 1 amide bonds. The third-order valence-electron chi connectivity index (χ3n) is 3.60. The quantitative estimate of drug-likeness (QED) is 0.799. The summed E-state index contributed by atoms with van der Waals surface area (Å²) in [4.78, 5) is 17.7. The van der Waals surface area contributed by atoms with Gasteiger partial charge in [0.1, 0.15) is 6.61 Å². The van der Waals surface area contributed by atoms with Gasteiger partial charge in [0.15, 0.2) is 0 Å². The summed E-state index contributed by atoms with van der Waals surface area (Å²) in [5.41, 5.74) is 2.66. The molecular weight excluding hydrogens is 276 g/mol. The zero-order chi connectivity index (χ0) is 15.4. The van der Waals surface area contributed by atoms with Crippen molar-refractivity contribution >= 4 is 6.09 Å². The zero-order valence-electron chi connectivity index (χ0n) is 12.3. The van der Waals surface area contributed by atoms with E-state index in [1.165, 1.54) is 0 Å². The third-order valence-corrected chi connectivity index (χ3v) is 3.60. The molecule has 0 unspecified atom stereocenters. The standard InChI is InChI=1S/C18H16N2O2/c1-14(20-11-12-22-18(20)21)17-10-9-16(13-19-17)8-7-15-5-3-2-4-6-15/h2-6,9-10,13-14H,11-12H2,1H3/t14-/m0/s1. The molecule has 22 heavy (non-hydrogen) atoms. The number of carbonyl (C=O) groups is 1. The molecule has 0 N–H and O–H groups in total. The predicted molar refractivity (Wildman–Crippen MR) is 83.1 cm³/mol. The van der Waals surface area contributed by atoms with Crippen molar-refractivity contribution in [3.63, 3.8) is 0 Å². The Balaban J connectivity index is 1.73. The second-order valence-electron chi connectivity index (χ2n) is 5.07. The van der Waals surface area contributed by atoms with E-state index in [4.69, 9.17) is 4.74 Å². The van der Waals surface area contributed by atoms with Gasteiger partial charge < -0.3 is 4.74 Å². The Kier molecular flexibility index (Phi) is 4.06. The largest absolute Gasteiger partial charge is 0.448 e. The first-order valence-corrected chi connectivity index (χ1v) is 7.20. The number of amides is 1. The van der Waals surface area contributed by atoms with E-state index in [0.29, 0.717) is 13.2 Å². The Morgan fingerprint density at radius 3 is 2.55 bits per heavy atom. The van der Waals surface area contributed by atoms with E-state index in [0.717, 1.165) is 16.8 Å². The lowest BCUT2D eigenvalue weighted by atomic mass is 10.1. The summed E-state index contributed by atoms with van der Waals surface area (Å²) >= 11 is 0. The van der Waals surface area contributed by atoms with Gasteiger partial charge in [-0.2, -0.15) is 0 Å². The number of ether oxygens (including phenoxy) is 1. The van der Waals surface area contributed by atoms with Gasteiger partial charge in [-0.05, 0) is 31.2 Å². The highest BCUT2D eigenvalue weighted by atomic mass is 16.6. The number of hydrogen-bond donors (Lipinski definition) is 0. The Bertz CT molecular complexity index is 714. The first-order valence-electron chi connectivity index (χ1n) is 7.20. The van der Waals surface area contributed by atoms with E-state index in [-0.39, 0.29) is 12.1 Å². The molecule has 3 rings (SSSR count). The Morgan fingerprint density at radius 1 is 1.14 bits per heavy atom. The summed E-state index contributed by atoms with van der Waals surface area (Å²) in [6, 6.07) is 13.6. The Labute approximate surface area is 129 Å². The van der Waals surface area contributed by atoms with Crippen molar-refractivity contribution in [2.75, 3.05) is 13.2 Å². The fourth-order valence-electron chi connectivity index (χ4n) is 2.31. The maximum Gasteiger partial charge on any atom is 0.410 e. The number of hydrogen-bond acceptors (Lipinski definition) is 3. The van der Waals surface area contributed by atoms with E-state index in [1.807, 2.05) is 49.4 Å². The predicted octanol–water partition coefficient (Wildman–Crippen LogP) is 2.99. The molecule has 1 aromatic heterocycles. The molecule has 2 aromatic rings. The lowest BCUT2D eigenvalue weighted by Crippen LogP contribution is -2.28. The van der Waals surface area contributed by atoms with Crippen LogP contribution < -0.4 is 0 Å². The number of aromatic nitrogens is 1. The molecule has 1 aliphatic rings. The van der Waals surface area contributed by atoms with Gasteiger partial charge in [-0.3, -0.25) is 9.88 Å². The van der Waals surface area contributed by atoms with Crippen LogP contribution in [0.25, 0.3) is 0 Å². The van der Waals surface area contributed by atoms with Gasteiger partial charge in [0, 0.05) is 17.3 Å². The molecular formula is C18H16N2O2. The lowest BCUT2D eigenvalue weighted by molar-refractivity contribution is 0.149. The van der Waals surface area contributed by atoms with Crippen LogP contribution in [0.15, 0.2) is 48.7 Å². The molecule has 110 valence electrons. The van der Waals surface area contributed by atoms with Crippen LogP contribution in [0.5, 0.6) is 0 Å². The van der Waals surface area contributed by atoms with E-state index in [2.05, 4.69) is 16.8 Å². The van der Waals surface area contributed by atoms with Crippen molar-refractivity contribution in [1.82, 2.24) is 9.88 Å². The first-order chi connectivity index (χ1) is 10.7. The van der Waals surface area contributed by atoms with E-state index in [1.54, 1.807) is 11.1 Å². The summed E-state index contributed by atoms with van der Waals surface area (Å²) in [5.74, 6) is 6.18. The summed E-state index contributed by atoms with van der Waals surface area (Å²) < 4.78 is 4.96. The Hall–Kier alpha value is -2.80. The average Bonchev–Trinajstić information content (AvgIpc) is 3.00. The highest BCUT2D eigenvalue weighted by molar-refractivity contribution is 5.69. The van der Waals surface area contributed by atoms with Crippen LogP contribution in [0.2, 0.25) is 0 Å². The zero-order valence-corrected chi connectivity index (χ0v) is 12.3. The van der Waals surface area contributed by atoms with Crippen molar-refractivity contribution < 1.29 is 9.53 Å². The Morgan fingerprint density at radius 2 is 1.91 bits per heavy atom. The minimum Gasteiger partial charge on any atom is -0.448 e. The molecule has 1 aliphatic heterocycles. The van der Waals surface area contributed by atoms with E-state index < -0.39 is 0 Å². The molecule has 4 heteroatoms. The van der Waals surface area contributed by atoms with Gasteiger partial charge in [-0.15, -0.1) is 0 Å². The minimum atomic E-state index is -0.276. The number of carbonyl (C=O) groups excluding carboxylic acids is 1. The smallest absolute Gasteiger partial charge is 0.410 e. The van der Waals surface area contributed by atoms with Crippen molar-refractivity contribution in [2.45, 2.75) is 13.0 Å². The highest BCUT2D eigenvalue weighted by Crippen LogP contribution is 2.21. The fraction of sp³-hybridized carbons (Fsp3) is 0.222. The highest BCUT2D eigenvalue weighted by Gasteiger charge is 2.28. The fourth-order valence-corrected chi connectivity index (χ4v) is 2.31. The molecule has 1 saturated heterocycles. The molecule has 0 bridgehead atoms. The molecule has 1 atom stereocenters. The van der Waals surface area contributed by atoms with Gasteiger partial charge in [0.05, 0.1) is 18.3 Å². The number of cyclic esters (lactones) is 1. The molecule has 0 spiro atoms. The third kappa shape index (κ3) is 3.09. The topological polar surface area (TPSA) is 42.4 Å². The van der Waals surface area contributed by atoms with Crippen LogP contribution in [-0.4, -0.2) is 29.1 Å². The second-order valence-corrected chi connectivity index (χ2v) is 5.07. The first kappa shape index (κ1) is 14.2. The van der Waals surface area contributed by atoms with Gasteiger partial charge in [0.2, 0.25) is 0 Å². The van der Waals surface area contributed by atoms with E-state index >= 15 is 0 Å². The maximum atomic E-state index is 11.6. The molecule has 0 saturated carbocycles. The van der Waals surface area contributed by atoms with Gasteiger partial charge in [0.25, 0.3) is 0 Å². The molecule has 1 fully saturated rings. The average molecular weight is 292 g/mol. The number of nitrogens with zero attached hydrogens (tertiary/aromatic N) is 2. The van der Waals surface area contributed by atoms with Crippen LogP contribution in [0, 0.1) is 11.8 Å². The van der Waals surface area contributed by atoms with Crippen LogP contribution in [0.3, 0.4) is 0 Å². The number of pyridine rings is 1. The van der Waals surface area contributed by atoms with Crippen LogP contribution in [-0.2, 0) is 4.74 Å². The van der Waals surface area contributed by atoms with Crippen molar-refractivity contribution in [3.8, 4) is 11.8 Å². The molecule has 4 nitrogen and oxygen atoms in total. The molecule has 0 radical (unpaired) electrons. The minimum absolute atomic E-state index is 0.0915. The van der Waals surface area contributed by atoms with Crippen molar-refractivity contribution in [2.24, 2.45) is 0 Å². The van der Waals surface area contributed by atoms with E-state index in [9.17, 15) is 4.79 Å². The molecule has 2 heterocycles. The second kappa shape index (κ2) is 6.31. The normalized spacial score (nSPS) is 15.0. The van der Waals surface area contributed by atoms with Crippen LogP contribution in [0.4, 0.5) is 4.79 Å². The van der Waals surface area contributed by atoms with Gasteiger partial charge in [-0.25, -0.2) is 4.79 Å². The summed E-state index contributed by atoms with van der Waals surface area (Å²) in [7, 11) is 0. The monoisotopic (exact) mass is 292 g/mol. The summed E-state index contributed by atoms with van der Waals surface area (Å²) in [6.07, 6.45) is 1.46. The van der Waals surface area contributed by atoms with Crippen LogP contribution in [0.1, 0.15) is 29.8 Å². The van der Waals surface area contributed by atoms with Gasteiger partial charge >= 0.3 is 6.09 Å². The maximum absolute atomic E-state index is 11.6. The lowest BCUT2D eigenvalue weighted by Gasteiger charge is -2.20. The molecule has 0 aliphatic carbocycles.